The van der Waals surface area contributed by atoms with Crippen LogP contribution in [0.15, 0.2) is 35.3 Å². The molecule has 2 aromatic rings. The first-order chi connectivity index (χ1) is 8.04. The standard InChI is InChI=1S/C9H10N3O4P.BrH/c13-17(14,15)6-4-12-3-1-8(7-11-12)9-10-2-5-16-9;/h1-3,5,7H,4,6H2,(H-,13,14,15);1H. The van der Waals surface area contributed by atoms with Crippen LogP contribution < -0.4 is 21.7 Å². The molecule has 2 heterocycles. The Morgan fingerprint density at radius 3 is 2.72 bits per heavy atom. The molecule has 0 bridgehead atoms. The van der Waals surface area contributed by atoms with E-state index in [0.29, 0.717) is 11.5 Å². The molecule has 0 fully saturated rings. The number of rotatable bonds is 4. The second kappa shape index (κ2) is 6.19. The van der Waals surface area contributed by atoms with Crippen molar-refractivity contribution in [1.82, 2.24) is 10.1 Å². The number of hydrogen-bond acceptors (Lipinski definition) is 4. The topological polar surface area (TPSA) is 100 Å². The molecule has 0 aromatic carbocycles. The Labute approximate surface area is 113 Å². The summed E-state index contributed by atoms with van der Waals surface area (Å²) >= 11 is 0. The zero-order chi connectivity index (χ0) is 12.3. The first-order valence-corrected chi connectivity index (χ1v) is 6.64. The van der Waals surface area contributed by atoms with Crippen molar-refractivity contribution in [3.8, 4) is 11.5 Å². The van der Waals surface area contributed by atoms with Gasteiger partial charge in [-0.05, 0) is 5.10 Å². The van der Waals surface area contributed by atoms with E-state index < -0.39 is 7.60 Å². The highest BCUT2D eigenvalue weighted by Gasteiger charge is 2.17. The summed E-state index contributed by atoms with van der Waals surface area (Å²) in [6.45, 7) is 0.163. The fourth-order valence-corrected chi connectivity index (χ4v) is 1.71. The van der Waals surface area contributed by atoms with Crippen LogP contribution in [0.25, 0.3) is 11.5 Å². The summed E-state index contributed by atoms with van der Waals surface area (Å²) in [6, 6.07) is 1.72. The van der Waals surface area contributed by atoms with E-state index in [2.05, 4.69) is 10.1 Å². The number of aromatic nitrogens is 3. The minimum absolute atomic E-state index is 0. The van der Waals surface area contributed by atoms with Crippen molar-refractivity contribution in [3.05, 3.63) is 30.9 Å². The summed E-state index contributed by atoms with van der Waals surface area (Å²) in [5.41, 5.74) is 0.711. The number of hydrogen-bond donors (Lipinski definition) is 2. The van der Waals surface area contributed by atoms with Crippen LogP contribution in [0, 0.1) is 0 Å². The first-order valence-electron chi connectivity index (χ1n) is 4.85. The van der Waals surface area contributed by atoms with E-state index in [-0.39, 0.29) is 29.7 Å². The lowest BCUT2D eigenvalue weighted by molar-refractivity contribution is -0.750. The minimum atomic E-state index is -3.98. The third kappa shape index (κ3) is 4.30. The van der Waals surface area contributed by atoms with Crippen LogP contribution >= 0.6 is 7.60 Å². The van der Waals surface area contributed by atoms with Gasteiger partial charge in [0.15, 0.2) is 12.7 Å². The summed E-state index contributed by atoms with van der Waals surface area (Å²) in [5, 5.41) is 4.01. The molecule has 0 amide bonds. The van der Waals surface area contributed by atoms with Gasteiger partial charge in [0.1, 0.15) is 18.6 Å². The zero-order valence-electron chi connectivity index (χ0n) is 9.18. The Morgan fingerprint density at radius 1 is 1.44 bits per heavy atom. The summed E-state index contributed by atoms with van der Waals surface area (Å²) in [6.07, 6.45) is 5.91. The van der Waals surface area contributed by atoms with Crippen molar-refractivity contribution in [2.45, 2.75) is 6.54 Å². The third-order valence-electron chi connectivity index (χ3n) is 2.07. The zero-order valence-corrected chi connectivity index (χ0v) is 11.7. The van der Waals surface area contributed by atoms with Gasteiger partial charge >= 0.3 is 7.60 Å². The highest BCUT2D eigenvalue weighted by Crippen LogP contribution is 2.33. The maximum absolute atomic E-state index is 10.7. The second-order valence-corrected chi connectivity index (χ2v) is 5.18. The molecule has 0 aliphatic rings. The second-order valence-electron chi connectivity index (χ2n) is 3.40. The molecule has 0 aliphatic heterocycles. The lowest BCUT2D eigenvalue weighted by atomic mass is 10.3. The summed E-state index contributed by atoms with van der Waals surface area (Å²) in [4.78, 5) is 21.4. The van der Waals surface area contributed by atoms with Crippen LogP contribution in [-0.4, -0.2) is 26.0 Å². The van der Waals surface area contributed by atoms with Crippen LogP contribution in [-0.2, 0) is 11.1 Å². The molecule has 7 nitrogen and oxygen atoms in total. The average Bonchev–Trinajstić information content (AvgIpc) is 2.79. The van der Waals surface area contributed by atoms with Gasteiger partial charge in [0, 0.05) is 6.07 Å². The molecule has 2 aromatic heterocycles. The van der Waals surface area contributed by atoms with Crippen molar-refractivity contribution in [3.63, 3.8) is 0 Å². The SMILES string of the molecule is O=P(O)(O)CC[n+]1ccc(-c2ncco2)cn1.[Br-]. The van der Waals surface area contributed by atoms with Crippen molar-refractivity contribution < 1.29 is 40.4 Å². The van der Waals surface area contributed by atoms with E-state index in [4.69, 9.17) is 14.2 Å². The lowest BCUT2D eigenvalue weighted by Gasteiger charge is -1.99. The Bertz CT molecular complexity index is 525. The fraction of sp³-hybridized carbons (Fsp3) is 0.222. The highest BCUT2D eigenvalue weighted by atomic mass is 79.9. The Balaban J connectivity index is 0.00000162. The number of nitrogens with zero attached hydrogens (tertiary/aromatic N) is 3. The van der Waals surface area contributed by atoms with Gasteiger partial charge in [0.25, 0.3) is 0 Å². The largest absolute Gasteiger partial charge is 1.00 e. The molecule has 0 radical (unpaired) electrons. The van der Waals surface area contributed by atoms with E-state index in [9.17, 15) is 4.57 Å². The van der Waals surface area contributed by atoms with Crippen LogP contribution in [0.1, 0.15) is 0 Å². The van der Waals surface area contributed by atoms with Crippen molar-refractivity contribution in [2.24, 2.45) is 0 Å². The van der Waals surface area contributed by atoms with Gasteiger partial charge in [-0.15, -0.1) is 0 Å². The van der Waals surface area contributed by atoms with Gasteiger partial charge in [0.05, 0.1) is 11.8 Å². The molecule has 9 heteroatoms. The van der Waals surface area contributed by atoms with Gasteiger partial charge in [-0.2, -0.15) is 0 Å². The average molecular weight is 336 g/mol. The summed E-state index contributed by atoms with van der Waals surface area (Å²) in [7, 11) is -3.98. The molecule has 0 aliphatic carbocycles. The molecular weight excluding hydrogens is 325 g/mol. The Kier molecular flexibility index (Phi) is 5.15. The van der Waals surface area contributed by atoms with E-state index in [0.717, 1.165) is 0 Å². The molecule has 0 saturated carbocycles. The van der Waals surface area contributed by atoms with Crippen molar-refractivity contribution >= 4 is 7.60 Å². The normalized spacial score (nSPS) is 11.0. The van der Waals surface area contributed by atoms with Crippen LogP contribution in [0.2, 0.25) is 0 Å². The Hall–Kier alpha value is -1.08. The fourth-order valence-electron chi connectivity index (χ4n) is 1.24. The lowest BCUT2D eigenvalue weighted by Crippen LogP contribution is -3.00. The molecule has 2 N–H and O–H groups in total. The molecule has 2 rings (SSSR count). The monoisotopic (exact) mass is 335 g/mol. The molecule has 18 heavy (non-hydrogen) atoms. The van der Waals surface area contributed by atoms with E-state index >= 15 is 0 Å². The Morgan fingerprint density at radius 2 is 2.22 bits per heavy atom. The van der Waals surface area contributed by atoms with Crippen molar-refractivity contribution in [1.29, 1.82) is 0 Å². The van der Waals surface area contributed by atoms with Crippen molar-refractivity contribution in [2.75, 3.05) is 6.16 Å². The highest BCUT2D eigenvalue weighted by molar-refractivity contribution is 7.51. The third-order valence-corrected chi connectivity index (χ3v) is 2.85. The number of oxazole rings is 1. The van der Waals surface area contributed by atoms with E-state index in [1.165, 1.54) is 23.3 Å². The molecule has 0 spiro atoms. The molecule has 0 atom stereocenters. The van der Waals surface area contributed by atoms with E-state index in [1.807, 2.05) is 0 Å². The summed E-state index contributed by atoms with van der Waals surface area (Å²) in [5.74, 6) is 0.458. The maximum atomic E-state index is 10.7. The quantitative estimate of drug-likeness (QED) is 0.462. The molecule has 0 saturated heterocycles. The predicted octanol–water partition coefficient (Wildman–Crippen LogP) is -2.79. The van der Waals surface area contributed by atoms with Gasteiger partial charge in [-0.25, -0.2) is 4.98 Å². The first kappa shape index (κ1) is 15.0. The van der Waals surface area contributed by atoms with Crippen LogP contribution in [0.5, 0.6) is 0 Å². The molecular formula is C9H11BrN3O4P. The number of halogens is 1. The maximum Gasteiger partial charge on any atom is 0.332 e. The molecule has 0 unspecified atom stereocenters. The van der Waals surface area contributed by atoms with Gasteiger partial charge < -0.3 is 31.2 Å². The van der Waals surface area contributed by atoms with Crippen LogP contribution in [0.3, 0.4) is 0 Å². The molecule has 98 valence electrons. The van der Waals surface area contributed by atoms with Crippen LogP contribution in [0.4, 0.5) is 0 Å². The van der Waals surface area contributed by atoms with E-state index in [1.54, 1.807) is 12.3 Å². The van der Waals surface area contributed by atoms with Gasteiger partial charge in [0.2, 0.25) is 5.89 Å². The predicted molar refractivity (Wildman–Crippen MR) is 56.8 cm³/mol. The van der Waals surface area contributed by atoms with Gasteiger partial charge in [-0.1, -0.05) is 4.68 Å². The summed E-state index contributed by atoms with van der Waals surface area (Å²) < 4.78 is 17.2. The smallest absolute Gasteiger partial charge is 0.332 e. The minimum Gasteiger partial charge on any atom is -1.00 e. The number of aryl methyl sites for hydroxylation is 1. The van der Waals surface area contributed by atoms with Gasteiger partial charge in [-0.3, -0.25) is 4.57 Å².